The summed E-state index contributed by atoms with van der Waals surface area (Å²) in [6, 6.07) is 2.31. The van der Waals surface area contributed by atoms with Crippen molar-refractivity contribution in [1.82, 2.24) is 4.57 Å². The van der Waals surface area contributed by atoms with Crippen LogP contribution in [0.15, 0.2) is 18.5 Å². The summed E-state index contributed by atoms with van der Waals surface area (Å²) in [5.74, 6) is 2.88. The van der Waals surface area contributed by atoms with Crippen molar-refractivity contribution in [3.8, 4) is 0 Å². The van der Waals surface area contributed by atoms with E-state index in [2.05, 4.69) is 43.8 Å². The molecule has 15 heavy (non-hydrogen) atoms. The minimum atomic E-state index is 0.171. The third-order valence-electron chi connectivity index (χ3n) is 2.57. The van der Waals surface area contributed by atoms with Gasteiger partial charge in [0.1, 0.15) is 0 Å². The van der Waals surface area contributed by atoms with Gasteiger partial charge in [-0.2, -0.15) is 11.8 Å². The molecule has 0 saturated heterocycles. The molecule has 1 aromatic rings. The van der Waals surface area contributed by atoms with E-state index < -0.39 is 0 Å². The smallest absolute Gasteiger partial charge is 0.0333 e. The molecule has 2 nitrogen and oxygen atoms in total. The van der Waals surface area contributed by atoms with Gasteiger partial charge in [-0.25, -0.2) is 0 Å². The Morgan fingerprint density at radius 3 is 2.80 bits per heavy atom. The van der Waals surface area contributed by atoms with Gasteiger partial charge in [0.2, 0.25) is 0 Å². The van der Waals surface area contributed by atoms with Crippen molar-refractivity contribution in [3.63, 3.8) is 0 Å². The van der Waals surface area contributed by atoms with Crippen molar-refractivity contribution < 1.29 is 0 Å². The summed E-state index contributed by atoms with van der Waals surface area (Å²) in [5.41, 5.74) is 7.34. The van der Waals surface area contributed by atoms with E-state index in [0.29, 0.717) is 5.92 Å². The minimum Gasteiger partial charge on any atom is -0.353 e. The Balaban J connectivity index is 2.48. The first-order valence-electron chi connectivity index (χ1n) is 5.64. The molecule has 3 heteroatoms. The summed E-state index contributed by atoms with van der Waals surface area (Å²) in [7, 11) is 0. The molecular formula is C12H22N2S. The zero-order chi connectivity index (χ0) is 11.3. The third-order valence-corrected chi connectivity index (χ3v) is 3.45. The van der Waals surface area contributed by atoms with Gasteiger partial charge >= 0.3 is 0 Å². The Labute approximate surface area is 97.2 Å². The molecule has 0 fully saturated rings. The van der Waals surface area contributed by atoms with Gasteiger partial charge in [0.05, 0.1) is 0 Å². The molecule has 0 aromatic carbocycles. The maximum absolute atomic E-state index is 6.09. The molecule has 0 saturated carbocycles. The van der Waals surface area contributed by atoms with Crippen molar-refractivity contribution in [2.24, 2.45) is 11.7 Å². The first kappa shape index (κ1) is 12.7. The number of rotatable bonds is 6. The van der Waals surface area contributed by atoms with Gasteiger partial charge in [0, 0.05) is 30.7 Å². The second kappa shape index (κ2) is 6.23. The van der Waals surface area contributed by atoms with Gasteiger partial charge in [0.15, 0.2) is 0 Å². The Hall–Kier alpha value is -0.410. The van der Waals surface area contributed by atoms with Gasteiger partial charge in [0.25, 0.3) is 0 Å². The average molecular weight is 226 g/mol. The Morgan fingerprint density at radius 1 is 1.47 bits per heavy atom. The molecule has 1 heterocycles. The molecule has 1 aromatic heterocycles. The van der Waals surface area contributed by atoms with Crippen molar-refractivity contribution in [1.29, 1.82) is 0 Å². The number of aryl methyl sites for hydroxylation is 1. The highest BCUT2D eigenvalue weighted by atomic mass is 32.2. The number of hydrogen-bond acceptors (Lipinski definition) is 2. The summed E-state index contributed by atoms with van der Waals surface area (Å²) in [6.45, 7) is 7.60. The largest absolute Gasteiger partial charge is 0.353 e. The van der Waals surface area contributed by atoms with Crippen LogP contribution in [0.5, 0.6) is 0 Å². The van der Waals surface area contributed by atoms with Crippen molar-refractivity contribution >= 4 is 11.8 Å². The molecule has 1 atom stereocenters. The highest BCUT2D eigenvalue weighted by Gasteiger charge is 2.11. The molecule has 2 N–H and O–H groups in total. The lowest BCUT2D eigenvalue weighted by molar-refractivity contribution is 0.513. The number of thioether (sulfide) groups is 1. The maximum atomic E-state index is 6.09. The summed E-state index contributed by atoms with van der Waals surface area (Å²) in [5, 5.41) is 0. The van der Waals surface area contributed by atoms with E-state index in [1.165, 1.54) is 17.1 Å². The molecule has 0 aliphatic carbocycles. The molecule has 0 aliphatic rings. The fourth-order valence-electron chi connectivity index (χ4n) is 1.49. The summed E-state index contributed by atoms with van der Waals surface area (Å²) in [6.07, 6.45) is 4.31. The topological polar surface area (TPSA) is 30.9 Å². The molecule has 1 rings (SSSR count). The first-order chi connectivity index (χ1) is 7.15. The monoisotopic (exact) mass is 226 g/mol. The van der Waals surface area contributed by atoms with Gasteiger partial charge < -0.3 is 10.3 Å². The second-order valence-electron chi connectivity index (χ2n) is 4.15. The van der Waals surface area contributed by atoms with E-state index in [-0.39, 0.29) is 6.04 Å². The van der Waals surface area contributed by atoms with Crippen molar-refractivity contribution in [2.75, 3.05) is 11.5 Å². The van der Waals surface area contributed by atoms with Crippen LogP contribution in [0, 0.1) is 5.92 Å². The van der Waals surface area contributed by atoms with Crippen molar-refractivity contribution in [3.05, 3.63) is 24.0 Å². The van der Waals surface area contributed by atoms with E-state index in [0.717, 1.165) is 6.54 Å². The quantitative estimate of drug-likeness (QED) is 0.756. The number of aromatic nitrogens is 1. The van der Waals surface area contributed by atoms with Crippen LogP contribution < -0.4 is 5.73 Å². The average Bonchev–Trinajstić information content (AvgIpc) is 2.65. The van der Waals surface area contributed by atoms with Gasteiger partial charge in [-0.05, 0) is 23.3 Å². The molecule has 0 spiro atoms. The Morgan fingerprint density at radius 2 is 2.20 bits per heavy atom. The van der Waals surface area contributed by atoms with Gasteiger partial charge in [-0.15, -0.1) is 0 Å². The predicted octanol–water partition coefficient (Wildman–Crippen LogP) is 2.90. The van der Waals surface area contributed by atoms with E-state index in [1.54, 1.807) is 0 Å². The van der Waals surface area contributed by atoms with E-state index in [1.807, 2.05) is 11.8 Å². The molecule has 1 unspecified atom stereocenters. The Bertz CT molecular complexity index is 281. The Kier molecular flexibility index (Phi) is 5.26. The molecule has 0 bridgehead atoms. The van der Waals surface area contributed by atoms with Crippen LogP contribution in [0.3, 0.4) is 0 Å². The summed E-state index contributed by atoms with van der Waals surface area (Å²) in [4.78, 5) is 0. The SMILES string of the molecule is CCSCCn1ccc(C(N)C(C)C)c1. The van der Waals surface area contributed by atoms with E-state index >= 15 is 0 Å². The number of nitrogens with zero attached hydrogens (tertiary/aromatic N) is 1. The lowest BCUT2D eigenvalue weighted by Crippen LogP contribution is -2.15. The van der Waals surface area contributed by atoms with Crippen LogP contribution in [0.25, 0.3) is 0 Å². The maximum Gasteiger partial charge on any atom is 0.0333 e. The van der Waals surface area contributed by atoms with Crippen molar-refractivity contribution in [2.45, 2.75) is 33.4 Å². The lowest BCUT2D eigenvalue weighted by atomic mass is 10.00. The third kappa shape index (κ3) is 3.92. The van der Waals surface area contributed by atoms with Gasteiger partial charge in [-0.1, -0.05) is 20.8 Å². The fourth-order valence-corrected chi connectivity index (χ4v) is 2.12. The van der Waals surface area contributed by atoms with Crippen LogP contribution in [0.2, 0.25) is 0 Å². The zero-order valence-electron chi connectivity index (χ0n) is 9.94. The highest BCUT2D eigenvalue weighted by molar-refractivity contribution is 7.99. The van der Waals surface area contributed by atoms with Crippen LogP contribution >= 0.6 is 11.8 Å². The second-order valence-corrected chi connectivity index (χ2v) is 5.54. The van der Waals surface area contributed by atoms with Crippen LogP contribution in [0.1, 0.15) is 32.4 Å². The predicted molar refractivity (Wildman–Crippen MR) is 69.2 cm³/mol. The van der Waals surface area contributed by atoms with Crippen LogP contribution in [-0.2, 0) is 6.54 Å². The van der Waals surface area contributed by atoms with Gasteiger partial charge in [-0.3, -0.25) is 0 Å². The molecule has 0 radical (unpaired) electrons. The molecule has 0 aliphatic heterocycles. The molecular weight excluding hydrogens is 204 g/mol. The number of nitrogens with two attached hydrogens (primary N) is 1. The summed E-state index contributed by atoms with van der Waals surface area (Å²) >= 11 is 1.97. The summed E-state index contributed by atoms with van der Waals surface area (Å²) < 4.78 is 2.24. The molecule has 0 amide bonds. The van der Waals surface area contributed by atoms with Crippen LogP contribution in [0.4, 0.5) is 0 Å². The zero-order valence-corrected chi connectivity index (χ0v) is 10.8. The molecule has 86 valence electrons. The fraction of sp³-hybridized carbons (Fsp3) is 0.667. The standard InChI is InChI=1S/C12H22N2S/c1-4-15-8-7-14-6-5-11(9-14)12(13)10(2)3/h5-6,9-10,12H,4,7-8,13H2,1-3H3. The lowest BCUT2D eigenvalue weighted by Gasteiger charge is -2.13. The van der Waals surface area contributed by atoms with Crippen LogP contribution in [-0.4, -0.2) is 16.1 Å². The van der Waals surface area contributed by atoms with E-state index in [4.69, 9.17) is 5.73 Å². The minimum absolute atomic E-state index is 0.171. The highest BCUT2D eigenvalue weighted by Crippen LogP contribution is 2.19. The van der Waals surface area contributed by atoms with E-state index in [9.17, 15) is 0 Å². The normalized spacial score (nSPS) is 13.4. The first-order valence-corrected chi connectivity index (χ1v) is 6.79. The number of hydrogen-bond donors (Lipinski definition) is 1.